The Labute approximate surface area is 107 Å². The van der Waals surface area contributed by atoms with Crippen LogP contribution in [-0.4, -0.2) is 9.78 Å². The topological polar surface area (TPSA) is 29.9 Å². The van der Waals surface area contributed by atoms with Gasteiger partial charge in [-0.1, -0.05) is 12.1 Å². The molecular formula is C14H18FN3. The molecule has 4 heteroatoms. The Morgan fingerprint density at radius 3 is 2.78 bits per heavy atom. The predicted octanol–water partition coefficient (Wildman–Crippen LogP) is 3.52. The Hall–Kier alpha value is -1.84. The highest BCUT2D eigenvalue weighted by atomic mass is 19.1. The number of halogens is 1. The van der Waals surface area contributed by atoms with Gasteiger partial charge in [0.2, 0.25) is 0 Å². The van der Waals surface area contributed by atoms with Crippen molar-refractivity contribution in [2.24, 2.45) is 0 Å². The van der Waals surface area contributed by atoms with Crippen LogP contribution >= 0.6 is 0 Å². The third-order valence-electron chi connectivity index (χ3n) is 2.85. The van der Waals surface area contributed by atoms with Crippen LogP contribution in [0.15, 0.2) is 30.6 Å². The number of hydrogen-bond donors (Lipinski definition) is 1. The van der Waals surface area contributed by atoms with Crippen LogP contribution in [0.3, 0.4) is 0 Å². The minimum Gasteiger partial charge on any atom is -0.378 e. The molecule has 0 bridgehead atoms. The van der Waals surface area contributed by atoms with E-state index in [1.807, 2.05) is 16.9 Å². The minimum atomic E-state index is -0.161. The van der Waals surface area contributed by atoms with Gasteiger partial charge in [0, 0.05) is 18.8 Å². The van der Waals surface area contributed by atoms with E-state index in [9.17, 15) is 4.39 Å². The first-order valence-corrected chi connectivity index (χ1v) is 6.09. The largest absolute Gasteiger partial charge is 0.378 e. The molecule has 0 atom stereocenters. The third-order valence-corrected chi connectivity index (χ3v) is 2.85. The van der Waals surface area contributed by atoms with Crippen molar-refractivity contribution in [2.45, 2.75) is 33.4 Å². The monoisotopic (exact) mass is 247 g/mol. The van der Waals surface area contributed by atoms with Crippen LogP contribution in [0.2, 0.25) is 0 Å². The molecular weight excluding hydrogens is 229 g/mol. The number of nitrogens with one attached hydrogen (secondary N) is 1. The second kappa shape index (κ2) is 5.21. The second-order valence-corrected chi connectivity index (χ2v) is 4.74. The zero-order chi connectivity index (χ0) is 13.1. The Bertz CT molecular complexity index is 532. The number of aromatic nitrogens is 2. The van der Waals surface area contributed by atoms with Crippen molar-refractivity contribution < 1.29 is 4.39 Å². The molecule has 2 rings (SSSR count). The third kappa shape index (κ3) is 2.88. The fourth-order valence-electron chi connectivity index (χ4n) is 1.73. The Balaban J connectivity index is 2.00. The van der Waals surface area contributed by atoms with Crippen LogP contribution < -0.4 is 5.32 Å². The number of aryl methyl sites for hydroxylation is 1. The summed E-state index contributed by atoms with van der Waals surface area (Å²) in [5.74, 6) is -0.161. The molecule has 3 nitrogen and oxygen atoms in total. The molecule has 2 aromatic rings. The Morgan fingerprint density at radius 2 is 2.17 bits per heavy atom. The van der Waals surface area contributed by atoms with Crippen molar-refractivity contribution in [1.82, 2.24) is 9.78 Å². The molecule has 0 amide bonds. The molecule has 0 saturated heterocycles. The van der Waals surface area contributed by atoms with Gasteiger partial charge in [0.25, 0.3) is 0 Å². The highest BCUT2D eigenvalue weighted by Gasteiger charge is 2.02. The van der Waals surface area contributed by atoms with Crippen LogP contribution in [0.5, 0.6) is 0 Å². The van der Waals surface area contributed by atoms with Crippen LogP contribution in [0.4, 0.5) is 10.1 Å². The molecule has 18 heavy (non-hydrogen) atoms. The maximum atomic E-state index is 13.1. The lowest BCUT2D eigenvalue weighted by Crippen LogP contribution is -2.01. The molecule has 0 aliphatic rings. The van der Waals surface area contributed by atoms with Gasteiger partial charge in [-0.2, -0.15) is 5.10 Å². The SMILES string of the molecule is Cc1cc(CNc2cnn(C(C)C)c2)ccc1F. The van der Waals surface area contributed by atoms with Crippen LogP contribution in [0.1, 0.15) is 31.0 Å². The lowest BCUT2D eigenvalue weighted by atomic mass is 10.1. The first kappa shape index (κ1) is 12.6. The van der Waals surface area contributed by atoms with Gasteiger partial charge in [-0.25, -0.2) is 4.39 Å². The van der Waals surface area contributed by atoms with Crippen molar-refractivity contribution >= 4 is 5.69 Å². The molecule has 0 radical (unpaired) electrons. The van der Waals surface area contributed by atoms with Crippen molar-refractivity contribution in [3.05, 3.63) is 47.5 Å². The highest BCUT2D eigenvalue weighted by molar-refractivity contribution is 5.39. The lowest BCUT2D eigenvalue weighted by Gasteiger charge is -2.06. The van der Waals surface area contributed by atoms with E-state index >= 15 is 0 Å². The van der Waals surface area contributed by atoms with E-state index in [4.69, 9.17) is 0 Å². The molecule has 96 valence electrons. The summed E-state index contributed by atoms with van der Waals surface area (Å²) < 4.78 is 15.0. The fourth-order valence-corrected chi connectivity index (χ4v) is 1.73. The van der Waals surface area contributed by atoms with Crippen molar-refractivity contribution in [3.8, 4) is 0 Å². The molecule has 0 spiro atoms. The summed E-state index contributed by atoms with van der Waals surface area (Å²) in [5, 5.41) is 7.53. The maximum absolute atomic E-state index is 13.1. The maximum Gasteiger partial charge on any atom is 0.126 e. The summed E-state index contributed by atoms with van der Waals surface area (Å²) in [6.45, 7) is 6.61. The molecule has 0 aliphatic heterocycles. The van der Waals surface area contributed by atoms with Gasteiger partial charge in [0.1, 0.15) is 5.82 Å². The lowest BCUT2D eigenvalue weighted by molar-refractivity contribution is 0.532. The van der Waals surface area contributed by atoms with Gasteiger partial charge in [-0.3, -0.25) is 4.68 Å². The van der Waals surface area contributed by atoms with Gasteiger partial charge in [0.15, 0.2) is 0 Å². The Kier molecular flexibility index (Phi) is 3.65. The van der Waals surface area contributed by atoms with Crippen LogP contribution in [0, 0.1) is 12.7 Å². The zero-order valence-corrected chi connectivity index (χ0v) is 10.9. The fraction of sp³-hybridized carbons (Fsp3) is 0.357. The predicted molar refractivity (Wildman–Crippen MR) is 71.1 cm³/mol. The van der Waals surface area contributed by atoms with Gasteiger partial charge in [-0.15, -0.1) is 0 Å². The molecule has 1 heterocycles. The van der Waals surface area contributed by atoms with Crippen LogP contribution in [-0.2, 0) is 6.54 Å². The summed E-state index contributed by atoms with van der Waals surface area (Å²) in [6, 6.07) is 5.51. The second-order valence-electron chi connectivity index (χ2n) is 4.74. The highest BCUT2D eigenvalue weighted by Crippen LogP contribution is 2.13. The van der Waals surface area contributed by atoms with E-state index in [-0.39, 0.29) is 5.82 Å². The molecule has 0 unspecified atom stereocenters. The number of hydrogen-bond acceptors (Lipinski definition) is 2. The summed E-state index contributed by atoms with van der Waals surface area (Å²) in [6.07, 6.45) is 3.78. The first-order chi connectivity index (χ1) is 8.56. The summed E-state index contributed by atoms with van der Waals surface area (Å²) in [4.78, 5) is 0. The smallest absolute Gasteiger partial charge is 0.126 e. The number of nitrogens with zero attached hydrogens (tertiary/aromatic N) is 2. The molecule has 0 saturated carbocycles. The quantitative estimate of drug-likeness (QED) is 0.895. The molecule has 1 N–H and O–H groups in total. The molecule has 1 aromatic carbocycles. The summed E-state index contributed by atoms with van der Waals surface area (Å²) in [5.41, 5.74) is 2.71. The Morgan fingerprint density at radius 1 is 1.39 bits per heavy atom. The normalized spacial score (nSPS) is 10.9. The average Bonchev–Trinajstić information content (AvgIpc) is 2.79. The minimum absolute atomic E-state index is 0.161. The summed E-state index contributed by atoms with van der Waals surface area (Å²) in [7, 11) is 0. The van der Waals surface area contributed by atoms with E-state index in [2.05, 4.69) is 24.3 Å². The van der Waals surface area contributed by atoms with Gasteiger partial charge in [-0.05, 0) is 38.0 Å². The van der Waals surface area contributed by atoms with E-state index < -0.39 is 0 Å². The number of rotatable bonds is 4. The standard InChI is InChI=1S/C14H18FN3/c1-10(2)18-9-13(8-17-18)16-7-12-4-5-14(15)11(3)6-12/h4-6,8-10,16H,7H2,1-3H3. The average molecular weight is 247 g/mol. The van der Waals surface area contributed by atoms with Crippen molar-refractivity contribution in [1.29, 1.82) is 0 Å². The van der Waals surface area contributed by atoms with E-state index in [1.165, 1.54) is 6.07 Å². The van der Waals surface area contributed by atoms with Crippen molar-refractivity contribution in [2.75, 3.05) is 5.32 Å². The van der Waals surface area contributed by atoms with Crippen molar-refractivity contribution in [3.63, 3.8) is 0 Å². The first-order valence-electron chi connectivity index (χ1n) is 6.09. The zero-order valence-electron chi connectivity index (χ0n) is 10.9. The molecule has 0 aliphatic carbocycles. The summed E-state index contributed by atoms with van der Waals surface area (Å²) >= 11 is 0. The number of benzene rings is 1. The van der Waals surface area contributed by atoms with Crippen LogP contribution in [0.25, 0.3) is 0 Å². The van der Waals surface area contributed by atoms with E-state index in [0.29, 0.717) is 18.2 Å². The van der Waals surface area contributed by atoms with E-state index in [0.717, 1.165) is 11.3 Å². The molecule has 0 fully saturated rings. The van der Waals surface area contributed by atoms with Gasteiger partial charge < -0.3 is 5.32 Å². The van der Waals surface area contributed by atoms with Gasteiger partial charge >= 0.3 is 0 Å². The molecule has 1 aromatic heterocycles. The van der Waals surface area contributed by atoms with Gasteiger partial charge in [0.05, 0.1) is 11.9 Å². The van der Waals surface area contributed by atoms with E-state index in [1.54, 1.807) is 19.2 Å². The number of anilines is 1.